The van der Waals surface area contributed by atoms with Crippen LogP contribution >= 0.6 is 0 Å². The summed E-state index contributed by atoms with van der Waals surface area (Å²) in [5.74, 6) is -2.99. The fourth-order valence-electron chi connectivity index (χ4n) is 3.60. The summed E-state index contributed by atoms with van der Waals surface area (Å²) in [6, 6.07) is 4.85. The molecule has 0 aromatic heterocycles. The van der Waals surface area contributed by atoms with Crippen LogP contribution in [0.25, 0.3) is 0 Å². The number of ether oxygens (including phenoxy) is 6. The number of esters is 4. The van der Waals surface area contributed by atoms with E-state index in [1.165, 1.54) is 0 Å². The van der Waals surface area contributed by atoms with E-state index in [1.54, 1.807) is 18.2 Å². The zero-order chi connectivity index (χ0) is 29.7. The zero-order valence-corrected chi connectivity index (χ0v) is 24.9. The van der Waals surface area contributed by atoms with Crippen LogP contribution in [0, 0.1) is 0 Å². The van der Waals surface area contributed by atoms with Crippen molar-refractivity contribution in [3.63, 3.8) is 0 Å². The molecule has 2 N–H and O–H groups in total. The highest BCUT2D eigenvalue weighted by Crippen LogP contribution is 2.38. The molecular formula is C26H39NO11Si. The first-order valence-corrected chi connectivity index (χ1v) is 15.3. The van der Waals surface area contributed by atoms with E-state index in [4.69, 9.17) is 38.6 Å². The van der Waals surface area contributed by atoms with Crippen molar-refractivity contribution in [2.24, 2.45) is 0 Å². The molecule has 5 unspecified atom stereocenters. The van der Waals surface area contributed by atoms with Crippen molar-refractivity contribution in [2.75, 3.05) is 12.8 Å². The summed E-state index contributed by atoms with van der Waals surface area (Å²) in [7, 11) is -1.05. The number of rotatable bonds is 9. The van der Waals surface area contributed by atoms with Crippen molar-refractivity contribution < 1.29 is 52.0 Å². The summed E-state index contributed by atoms with van der Waals surface area (Å²) >= 11 is 0. The third kappa shape index (κ3) is 8.41. The van der Waals surface area contributed by atoms with Gasteiger partial charge in [0.15, 0.2) is 26.6 Å². The molecule has 12 nitrogen and oxygen atoms in total. The Bertz CT molecular complexity index is 1070. The molecule has 1 heterocycles. The highest BCUT2D eigenvalue weighted by atomic mass is 28.4. The highest BCUT2D eigenvalue weighted by molar-refractivity contribution is 6.74. The second kappa shape index (κ2) is 12.8. The van der Waals surface area contributed by atoms with E-state index >= 15 is 0 Å². The average molecular weight is 570 g/mol. The van der Waals surface area contributed by atoms with Crippen molar-refractivity contribution in [1.82, 2.24) is 0 Å². The number of anilines is 1. The lowest BCUT2D eigenvalue weighted by molar-refractivity contribution is -0.282. The summed E-state index contributed by atoms with van der Waals surface area (Å²) in [5.41, 5.74) is 7.06. The summed E-state index contributed by atoms with van der Waals surface area (Å²) in [5, 5.41) is -0.0576. The van der Waals surface area contributed by atoms with Gasteiger partial charge in [-0.05, 0) is 36.3 Å². The maximum atomic E-state index is 12.7. The largest absolute Gasteiger partial charge is 0.467 e. The monoisotopic (exact) mass is 569 g/mol. The van der Waals surface area contributed by atoms with Gasteiger partial charge in [0.1, 0.15) is 5.75 Å². The maximum absolute atomic E-state index is 12.7. The first-order chi connectivity index (χ1) is 18.0. The van der Waals surface area contributed by atoms with E-state index in [9.17, 15) is 19.2 Å². The minimum Gasteiger partial charge on any atom is -0.467 e. The van der Waals surface area contributed by atoms with Gasteiger partial charge in [0.05, 0.1) is 13.7 Å². The minimum atomic E-state index is -2.16. The number of hydrogen-bond acceptors (Lipinski definition) is 12. The fourth-order valence-corrected chi connectivity index (χ4v) is 4.55. The number of carbonyl (C=O) groups excluding carboxylic acids is 4. The Labute approximate surface area is 229 Å². The molecule has 0 saturated carbocycles. The van der Waals surface area contributed by atoms with Gasteiger partial charge >= 0.3 is 23.9 Å². The second-order valence-corrected chi connectivity index (χ2v) is 15.5. The molecule has 1 aliphatic rings. The van der Waals surface area contributed by atoms with Gasteiger partial charge in [-0.1, -0.05) is 20.8 Å². The number of nitrogens with two attached hydrogens (primary N) is 1. The molecule has 1 saturated heterocycles. The Balaban J connectivity index is 2.54. The highest BCUT2D eigenvalue weighted by Gasteiger charge is 2.56. The Morgan fingerprint density at radius 1 is 0.923 bits per heavy atom. The second-order valence-electron chi connectivity index (χ2n) is 10.7. The predicted molar refractivity (Wildman–Crippen MR) is 141 cm³/mol. The predicted octanol–water partition coefficient (Wildman–Crippen LogP) is 2.86. The van der Waals surface area contributed by atoms with Crippen molar-refractivity contribution in [1.29, 1.82) is 0 Å². The topological polar surface area (TPSA) is 159 Å². The standard InChI is InChI=1S/C26H39NO11Si/c1-14(28)34-20-21(35-15(2)29)23(36-16(3)30)25(38-22(20)24(31)32-7)37-19-11-10-18(27)12-17(19)13-33-39(8,9)26(4,5)6/h10-12,20-23,25H,13,27H2,1-9H3. The van der Waals surface area contributed by atoms with Crippen LogP contribution in [-0.2, 0) is 53.9 Å². The lowest BCUT2D eigenvalue weighted by atomic mass is 9.97. The Morgan fingerprint density at radius 3 is 1.97 bits per heavy atom. The number of hydrogen-bond donors (Lipinski definition) is 1. The third-order valence-electron chi connectivity index (χ3n) is 6.56. The van der Waals surface area contributed by atoms with Gasteiger partial charge in [-0.2, -0.15) is 0 Å². The Kier molecular flexibility index (Phi) is 10.5. The van der Waals surface area contributed by atoms with Gasteiger partial charge in [0.25, 0.3) is 0 Å². The first-order valence-electron chi connectivity index (χ1n) is 12.4. The maximum Gasteiger partial charge on any atom is 0.339 e. The average Bonchev–Trinajstić information content (AvgIpc) is 2.80. The van der Waals surface area contributed by atoms with E-state index in [0.717, 1.165) is 27.9 Å². The van der Waals surface area contributed by atoms with Gasteiger partial charge in [-0.3, -0.25) is 14.4 Å². The van der Waals surface area contributed by atoms with Gasteiger partial charge in [0.2, 0.25) is 12.4 Å². The van der Waals surface area contributed by atoms with E-state index in [2.05, 4.69) is 33.9 Å². The smallest absolute Gasteiger partial charge is 0.339 e. The summed E-state index contributed by atoms with van der Waals surface area (Å²) in [4.78, 5) is 48.6. The molecular weight excluding hydrogens is 530 g/mol. The molecule has 2 rings (SSSR count). The molecule has 0 aliphatic carbocycles. The third-order valence-corrected chi connectivity index (χ3v) is 11.0. The van der Waals surface area contributed by atoms with E-state index < -0.39 is 62.9 Å². The van der Waals surface area contributed by atoms with Crippen LogP contribution in [0.15, 0.2) is 18.2 Å². The van der Waals surface area contributed by atoms with E-state index in [0.29, 0.717) is 11.3 Å². The van der Waals surface area contributed by atoms with E-state index in [-0.39, 0.29) is 17.4 Å². The van der Waals surface area contributed by atoms with Crippen LogP contribution < -0.4 is 10.5 Å². The molecule has 1 aliphatic heterocycles. The van der Waals surface area contributed by atoms with Crippen LogP contribution in [0.1, 0.15) is 47.1 Å². The van der Waals surface area contributed by atoms with E-state index in [1.807, 2.05) is 0 Å². The van der Waals surface area contributed by atoms with Crippen molar-refractivity contribution in [2.45, 2.75) is 97.0 Å². The lowest BCUT2D eigenvalue weighted by Gasteiger charge is -2.43. The molecule has 39 heavy (non-hydrogen) atoms. The normalized spacial score (nSPS) is 23.4. The van der Waals surface area contributed by atoms with Gasteiger partial charge < -0.3 is 38.6 Å². The molecule has 1 aromatic carbocycles. The van der Waals surface area contributed by atoms with Gasteiger partial charge in [-0.25, -0.2) is 4.79 Å². The molecule has 13 heteroatoms. The first kappa shape index (κ1) is 32.1. The molecule has 0 spiro atoms. The summed E-state index contributed by atoms with van der Waals surface area (Å²) in [6.45, 7) is 14.0. The van der Waals surface area contributed by atoms with Gasteiger partial charge in [0, 0.05) is 32.0 Å². The fraction of sp³-hybridized carbons (Fsp3) is 0.615. The summed E-state index contributed by atoms with van der Waals surface area (Å²) in [6.07, 6.45) is -7.43. The molecule has 0 amide bonds. The number of carbonyl (C=O) groups is 4. The zero-order valence-electron chi connectivity index (χ0n) is 23.9. The quantitative estimate of drug-likeness (QED) is 0.201. The molecule has 0 bridgehead atoms. The van der Waals surface area contributed by atoms with Crippen LogP contribution in [0.2, 0.25) is 18.1 Å². The number of methoxy groups -OCH3 is 1. The number of nitrogen functional groups attached to an aromatic ring is 1. The Hall–Kier alpha value is -3.16. The SMILES string of the molecule is COC(=O)C1OC(Oc2ccc(N)cc2CO[Si](C)(C)C(C)(C)C)C(OC(C)=O)C(OC(C)=O)C1OC(C)=O. The Morgan fingerprint density at radius 2 is 1.46 bits per heavy atom. The van der Waals surface area contributed by atoms with Crippen molar-refractivity contribution in [3.05, 3.63) is 23.8 Å². The summed E-state index contributed by atoms with van der Waals surface area (Å²) < 4.78 is 39.3. The molecule has 1 aromatic rings. The number of benzene rings is 1. The van der Waals surface area contributed by atoms with Crippen LogP contribution in [0.4, 0.5) is 5.69 Å². The lowest BCUT2D eigenvalue weighted by Crippen LogP contribution is -2.64. The molecule has 218 valence electrons. The van der Waals surface area contributed by atoms with Crippen molar-refractivity contribution >= 4 is 37.9 Å². The molecule has 5 atom stereocenters. The molecule has 1 fully saturated rings. The van der Waals surface area contributed by atoms with Gasteiger partial charge in [-0.15, -0.1) is 0 Å². The van der Waals surface area contributed by atoms with Crippen molar-refractivity contribution in [3.8, 4) is 5.75 Å². The van der Waals surface area contributed by atoms with Crippen LogP contribution in [0.3, 0.4) is 0 Å². The van der Waals surface area contributed by atoms with Crippen LogP contribution in [-0.4, -0.2) is 70.0 Å². The minimum absolute atomic E-state index is 0.0576. The van der Waals surface area contributed by atoms with Crippen LogP contribution in [0.5, 0.6) is 5.75 Å². The molecule has 0 radical (unpaired) electrons.